The molecule has 0 radical (unpaired) electrons. The van der Waals surface area contributed by atoms with Gasteiger partial charge in [-0.25, -0.2) is 14.4 Å². The molecule has 1 aromatic heterocycles. The van der Waals surface area contributed by atoms with Gasteiger partial charge in [-0.1, -0.05) is 37.3 Å². The molecule has 0 saturated heterocycles. The van der Waals surface area contributed by atoms with Crippen LogP contribution in [0.2, 0.25) is 0 Å². The van der Waals surface area contributed by atoms with Crippen LogP contribution in [0.25, 0.3) is 0 Å². The molecule has 3 aromatic rings. The van der Waals surface area contributed by atoms with E-state index in [4.69, 9.17) is 0 Å². The third-order valence-corrected chi connectivity index (χ3v) is 5.18. The minimum Gasteiger partial charge on any atom is -0.324 e. The molecule has 1 aliphatic heterocycles. The molecule has 1 unspecified atom stereocenters. The average Bonchev–Trinajstić information content (AvgIpc) is 2.76. The first-order chi connectivity index (χ1) is 14.1. The Kier molecular flexibility index (Phi) is 5.62. The number of carbonyl (C=O) groups excluding carboxylic acids is 1. The monoisotopic (exact) mass is 390 g/mol. The second-order valence-corrected chi connectivity index (χ2v) is 7.14. The van der Waals surface area contributed by atoms with Crippen LogP contribution < -0.4 is 5.32 Å². The van der Waals surface area contributed by atoms with E-state index in [1.54, 1.807) is 12.1 Å². The second-order valence-electron chi connectivity index (χ2n) is 7.14. The van der Waals surface area contributed by atoms with Crippen molar-refractivity contribution in [2.75, 3.05) is 11.9 Å². The van der Waals surface area contributed by atoms with Crippen molar-refractivity contribution in [3.63, 3.8) is 0 Å². The maximum atomic E-state index is 13.3. The number of benzene rings is 2. The molecule has 29 heavy (non-hydrogen) atoms. The Hall–Kier alpha value is -3.12. The highest BCUT2D eigenvalue weighted by molar-refractivity contribution is 5.95. The summed E-state index contributed by atoms with van der Waals surface area (Å²) in [5.41, 5.74) is 3.62. The lowest BCUT2D eigenvalue weighted by Crippen LogP contribution is -2.40. The highest BCUT2D eigenvalue weighted by atomic mass is 19.1. The van der Waals surface area contributed by atoms with Crippen LogP contribution in [0.1, 0.15) is 35.6 Å². The SMILES string of the molecule is CCc1ncc2c(n1)CN(C(C(=O)Nc1ccc(F)cc1)c1ccccc1)CC2. The fourth-order valence-corrected chi connectivity index (χ4v) is 3.66. The van der Waals surface area contributed by atoms with Crippen molar-refractivity contribution < 1.29 is 9.18 Å². The van der Waals surface area contributed by atoms with E-state index in [2.05, 4.69) is 20.2 Å². The van der Waals surface area contributed by atoms with Gasteiger partial charge in [-0.05, 0) is 41.8 Å². The number of amides is 1. The second kappa shape index (κ2) is 8.49. The number of hydrogen-bond acceptors (Lipinski definition) is 4. The summed E-state index contributed by atoms with van der Waals surface area (Å²) in [6, 6.07) is 15.1. The first kappa shape index (κ1) is 19.2. The smallest absolute Gasteiger partial charge is 0.246 e. The van der Waals surface area contributed by atoms with E-state index in [9.17, 15) is 9.18 Å². The summed E-state index contributed by atoms with van der Waals surface area (Å²) >= 11 is 0. The van der Waals surface area contributed by atoms with Gasteiger partial charge in [-0.2, -0.15) is 0 Å². The molecule has 0 saturated carbocycles. The van der Waals surface area contributed by atoms with Crippen molar-refractivity contribution in [1.82, 2.24) is 14.9 Å². The normalized spacial score (nSPS) is 14.8. The summed E-state index contributed by atoms with van der Waals surface area (Å²) < 4.78 is 13.2. The largest absolute Gasteiger partial charge is 0.324 e. The third-order valence-electron chi connectivity index (χ3n) is 5.18. The number of nitrogens with one attached hydrogen (secondary N) is 1. The fraction of sp³-hybridized carbons (Fsp3) is 0.261. The molecule has 1 N–H and O–H groups in total. The van der Waals surface area contributed by atoms with Crippen LogP contribution in [-0.2, 0) is 24.2 Å². The molecular formula is C23H23FN4O. The van der Waals surface area contributed by atoms with Crippen LogP contribution in [0.3, 0.4) is 0 Å². The van der Waals surface area contributed by atoms with Gasteiger partial charge in [0.1, 0.15) is 17.7 Å². The van der Waals surface area contributed by atoms with Crippen LogP contribution in [0.5, 0.6) is 0 Å². The van der Waals surface area contributed by atoms with Gasteiger partial charge in [0.05, 0.1) is 5.69 Å². The lowest BCUT2D eigenvalue weighted by atomic mass is 9.99. The van der Waals surface area contributed by atoms with Gasteiger partial charge in [0, 0.05) is 31.4 Å². The van der Waals surface area contributed by atoms with Crippen LogP contribution in [0.4, 0.5) is 10.1 Å². The highest BCUT2D eigenvalue weighted by Crippen LogP contribution is 2.28. The van der Waals surface area contributed by atoms with Crippen LogP contribution in [0.15, 0.2) is 60.8 Å². The maximum absolute atomic E-state index is 13.3. The predicted molar refractivity (Wildman–Crippen MR) is 110 cm³/mol. The molecule has 1 atom stereocenters. The van der Waals surface area contributed by atoms with Gasteiger partial charge in [0.2, 0.25) is 5.91 Å². The van der Waals surface area contributed by atoms with Crippen LogP contribution in [-0.4, -0.2) is 27.3 Å². The summed E-state index contributed by atoms with van der Waals surface area (Å²) in [5.74, 6) is 0.343. The quantitative estimate of drug-likeness (QED) is 0.718. The number of fused-ring (bicyclic) bond motifs is 1. The third kappa shape index (κ3) is 4.32. The molecule has 5 nitrogen and oxygen atoms in total. The summed E-state index contributed by atoms with van der Waals surface area (Å²) in [7, 11) is 0. The summed E-state index contributed by atoms with van der Waals surface area (Å²) in [5, 5.41) is 2.93. The number of aryl methyl sites for hydroxylation is 1. The molecule has 2 aromatic carbocycles. The Morgan fingerprint density at radius 3 is 2.66 bits per heavy atom. The molecule has 6 heteroatoms. The van der Waals surface area contributed by atoms with Crippen molar-refractivity contribution in [3.05, 3.63) is 89.3 Å². The van der Waals surface area contributed by atoms with Crippen molar-refractivity contribution in [2.24, 2.45) is 0 Å². The van der Waals surface area contributed by atoms with Crippen molar-refractivity contribution in [3.8, 4) is 0 Å². The lowest BCUT2D eigenvalue weighted by molar-refractivity contribution is -0.122. The summed E-state index contributed by atoms with van der Waals surface area (Å²) in [6.45, 7) is 3.35. The lowest BCUT2D eigenvalue weighted by Gasteiger charge is -2.34. The minimum atomic E-state index is -0.463. The Labute approximate surface area is 169 Å². The first-order valence-corrected chi connectivity index (χ1v) is 9.83. The minimum absolute atomic E-state index is 0.143. The van der Waals surface area contributed by atoms with E-state index in [0.29, 0.717) is 12.2 Å². The Morgan fingerprint density at radius 1 is 1.17 bits per heavy atom. The zero-order chi connectivity index (χ0) is 20.2. The van der Waals surface area contributed by atoms with Crippen LogP contribution in [0, 0.1) is 5.82 Å². The maximum Gasteiger partial charge on any atom is 0.246 e. The van der Waals surface area contributed by atoms with Gasteiger partial charge >= 0.3 is 0 Å². The molecule has 1 amide bonds. The predicted octanol–water partition coefficient (Wildman–Crippen LogP) is 3.92. The average molecular weight is 390 g/mol. The van der Waals surface area contributed by atoms with Crippen molar-refractivity contribution in [2.45, 2.75) is 32.4 Å². The zero-order valence-electron chi connectivity index (χ0n) is 16.3. The molecule has 0 spiro atoms. The van der Waals surface area contributed by atoms with Crippen molar-refractivity contribution >= 4 is 11.6 Å². The van der Waals surface area contributed by atoms with E-state index in [-0.39, 0.29) is 11.7 Å². The van der Waals surface area contributed by atoms with E-state index < -0.39 is 6.04 Å². The van der Waals surface area contributed by atoms with Crippen LogP contribution >= 0.6 is 0 Å². The number of halogens is 1. The highest BCUT2D eigenvalue weighted by Gasteiger charge is 2.31. The van der Waals surface area contributed by atoms with E-state index in [1.807, 2.05) is 43.5 Å². The summed E-state index contributed by atoms with van der Waals surface area (Å²) in [4.78, 5) is 24.5. The number of nitrogens with zero attached hydrogens (tertiary/aromatic N) is 3. The number of hydrogen-bond donors (Lipinski definition) is 1. The standard InChI is InChI=1S/C23H23FN4O/c1-2-21-25-14-17-12-13-28(15-20(17)27-21)22(16-6-4-3-5-7-16)23(29)26-19-10-8-18(24)9-11-19/h3-11,14,22H,2,12-13,15H2,1H3,(H,26,29). The Morgan fingerprint density at radius 2 is 1.93 bits per heavy atom. The molecule has 0 fully saturated rings. The molecular weight excluding hydrogens is 367 g/mol. The van der Waals surface area contributed by atoms with Gasteiger partial charge in [-0.3, -0.25) is 9.69 Å². The van der Waals surface area contributed by atoms with Crippen molar-refractivity contribution in [1.29, 1.82) is 0 Å². The number of anilines is 1. The number of rotatable bonds is 5. The number of carbonyl (C=O) groups is 1. The fourth-order valence-electron chi connectivity index (χ4n) is 3.66. The molecule has 4 rings (SSSR count). The Balaban J connectivity index is 1.62. The zero-order valence-corrected chi connectivity index (χ0v) is 16.3. The molecule has 0 aliphatic carbocycles. The first-order valence-electron chi connectivity index (χ1n) is 9.83. The summed E-state index contributed by atoms with van der Waals surface area (Å²) in [6.07, 6.45) is 3.49. The van der Waals surface area contributed by atoms with E-state index in [0.717, 1.165) is 42.0 Å². The molecule has 1 aliphatic rings. The van der Waals surface area contributed by atoms with Gasteiger partial charge in [0.25, 0.3) is 0 Å². The van der Waals surface area contributed by atoms with E-state index in [1.165, 1.54) is 12.1 Å². The topological polar surface area (TPSA) is 58.1 Å². The molecule has 148 valence electrons. The van der Waals surface area contributed by atoms with Gasteiger partial charge < -0.3 is 5.32 Å². The molecule has 0 bridgehead atoms. The van der Waals surface area contributed by atoms with Gasteiger partial charge in [0.15, 0.2) is 0 Å². The molecule has 2 heterocycles. The Bertz CT molecular complexity index is 992. The number of aromatic nitrogens is 2. The van der Waals surface area contributed by atoms with Gasteiger partial charge in [-0.15, -0.1) is 0 Å². The van der Waals surface area contributed by atoms with E-state index >= 15 is 0 Å².